The minimum atomic E-state index is -0.898. The largest absolute Gasteiger partial charge is 0.452 e. The summed E-state index contributed by atoms with van der Waals surface area (Å²) in [4.78, 5) is 38.7. The van der Waals surface area contributed by atoms with Gasteiger partial charge in [0.25, 0.3) is 5.91 Å². The molecule has 0 atom stereocenters. The van der Waals surface area contributed by atoms with E-state index in [4.69, 9.17) is 9.15 Å². The van der Waals surface area contributed by atoms with Crippen LogP contribution in [-0.2, 0) is 9.53 Å². The molecule has 1 aliphatic heterocycles. The molecule has 1 amide bonds. The van der Waals surface area contributed by atoms with E-state index in [1.807, 2.05) is 24.3 Å². The van der Waals surface area contributed by atoms with Crippen molar-refractivity contribution >= 4 is 34.2 Å². The van der Waals surface area contributed by atoms with Gasteiger partial charge in [0.15, 0.2) is 6.61 Å². The summed E-state index contributed by atoms with van der Waals surface area (Å²) in [5.74, 6) is -1.38. The van der Waals surface area contributed by atoms with Crippen molar-refractivity contribution in [3.05, 3.63) is 70.6 Å². The average molecular weight is 406 g/mol. The van der Waals surface area contributed by atoms with Crippen molar-refractivity contribution in [2.24, 2.45) is 0 Å². The third-order valence-electron chi connectivity index (χ3n) is 5.07. The molecular weight excluding hydrogens is 384 g/mol. The van der Waals surface area contributed by atoms with Gasteiger partial charge in [-0.25, -0.2) is 9.59 Å². The molecule has 7 heteroatoms. The van der Waals surface area contributed by atoms with Crippen LogP contribution in [0.25, 0.3) is 11.0 Å². The number of benzene rings is 2. The summed E-state index contributed by atoms with van der Waals surface area (Å²) in [5, 5.41) is 3.29. The van der Waals surface area contributed by atoms with E-state index in [1.165, 1.54) is 25.3 Å². The zero-order valence-electron chi connectivity index (χ0n) is 16.4. The molecule has 0 radical (unpaired) electrons. The van der Waals surface area contributed by atoms with Gasteiger partial charge in [-0.3, -0.25) is 4.79 Å². The fourth-order valence-corrected chi connectivity index (χ4v) is 3.52. The summed E-state index contributed by atoms with van der Waals surface area (Å²) in [6, 6.07) is 15.8. The Morgan fingerprint density at radius 2 is 1.73 bits per heavy atom. The van der Waals surface area contributed by atoms with Gasteiger partial charge in [-0.05, 0) is 55.7 Å². The Balaban J connectivity index is 1.34. The molecule has 154 valence electrons. The molecule has 7 nitrogen and oxygen atoms in total. The zero-order valence-corrected chi connectivity index (χ0v) is 16.4. The molecule has 0 saturated carbocycles. The number of rotatable bonds is 5. The van der Waals surface area contributed by atoms with Gasteiger partial charge in [0.05, 0.1) is 0 Å². The summed E-state index contributed by atoms with van der Waals surface area (Å²) in [6.07, 6.45) is 3.66. The third kappa shape index (κ3) is 4.51. The monoisotopic (exact) mass is 406 g/mol. The Morgan fingerprint density at radius 1 is 1.00 bits per heavy atom. The lowest BCUT2D eigenvalue weighted by Gasteiger charge is -2.28. The zero-order chi connectivity index (χ0) is 20.9. The Labute approximate surface area is 173 Å². The van der Waals surface area contributed by atoms with Gasteiger partial charge in [0.1, 0.15) is 11.1 Å². The van der Waals surface area contributed by atoms with Crippen LogP contribution >= 0.6 is 0 Å². The number of para-hydroxylation sites is 1. The molecule has 1 N–H and O–H groups in total. The minimum Gasteiger partial charge on any atom is -0.452 e. The molecule has 0 spiro atoms. The van der Waals surface area contributed by atoms with Gasteiger partial charge in [-0.1, -0.05) is 18.2 Å². The van der Waals surface area contributed by atoms with E-state index in [2.05, 4.69) is 10.2 Å². The van der Waals surface area contributed by atoms with Crippen molar-refractivity contribution in [3.63, 3.8) is 0 Å². The highest BCUT2D eigenvalue weighted by Crippen LogP contribution is 2.21. The molecular formula is C23H22N2O5. The molecule has 1 fully saturated rings. The number of anilines is 2. The molecule has 0 bridgehead atoms. The van der Waals surface area contributed by atoms with E-state index in [9.17, 15) is 14.4 Å². The predicted octanol–water partition coefficient (Wildman–Crippen LogP) is 3.58. The van der Waals surface area contributed by atoms with Crippen molar-refractivity contribution in [3.8, 4) is 0 Å². The lowest BCUT2D eigenvalue weighted by molar-refractivity contribution is -0.119. The first-order chi connectivity index (χ1) is 14.6. The standard InChI is InChI=1S/C23H22N2O5/c26-21(24-17-8-10-18(11-9-17)25-12-4-1-5-13-25)15-29-22(27)19-14-16-6-2-3-7-20(16)30-23(19)28/h2-3,6-11,14H,1,4-5,12-13,15H2,(H,24,26). The molecule has 3 aromatic rings. The topological polar surface area (TPSA) is 88.9 Å². The summed E-state index contributed by atoms with van der Waals surface area (Å²) in [6.45, 7) is 1.59. The van der Waals surface area contributed by atoms with Crippen LogP contribution in [0.15, 0.2) is 63.8 Å². The fourth-order valence-electron chi connectivity index (χ4n) is 3.52. The lowest BCUT2D eigenvalue weighted by atomic mass is 10.1. The number of ether oxygens (including phenoxy) is 1. The number of hydrogen-bond donors (Lipinski definition) is 1. The molecule has 2 aromatic carbocycles. The summed E-state index contributed by atoms with van der Waals surface area (Å²) < 4.78 is 10.1. The van der Waals surface area contributed by atoms with Gasteiger partial charge in [0.2, 0.25) is 0 Å². The molecule has 1 aromatic heterocycles. The Morgan fingerprint density at radius 3 is 2.50 bits per heavy atom. The quantitative estimate of drug-likeness (QED) is 0.515. The molecule has 1 aliphatic rings. The molecule has 0 aliphatic carbocycles. The van der Waals surface area contributed by atoms with E-state index in [1.54, 1.807) is 24.3 Å². The third-order valence-corrected chi connectivity index (χ3v) is 5.07. The second kappa shape index (κ2) is 8.82. The van der Waals surface area contributed by atoms with E-state index in [0.717, 1.165) is 18.8 Å². The fraction of sp³-hybridized carbons (Fsp3) is 0.261. The molecule has 1 saturated heterocycles. The first-order valence-electron chi connectivity index (χ1n) is 9.95. The number of piperidine rings is 1. The maximum Gasteiger partial charge on any atom is 0.351 e. The molecule has 30 heavy (non-hydrogen) atoms. The van der Waals surface area contributed by atoms with E-state index >= 15 is 0 Å². The highest BCUT2D eigenvalue weighted by Gasteiger charge is 2.17. The Kier molecular flexibility index (Phi) is 5.79. The number of hydrogen-bond acceptors (Lipinski definition) is 6. The number of esters is 1. The number of carbonyl (C=O) groups excluding carboxylic acids is 2. The number of nitrogens with zero attached hydrogens (tertiary/aromatic N) is 1. The van der Waals surface area contributed by atoms with Gasteiger partial charge in [-0.2, -0.15) is 0 Å². The van der Waals surface area contributed by atoms with Gasteiger partial charge < -0.3 is 19.4 Å². The predicted molar refractivity (Wildman–Crippen MR) is 114 cm³/mol. The number of amides is 1. The number of fused-ring (bicyclic) bond motifs is 1. The normalized spacial score (nSPS) is 13.8. The molecule has 4 rings (SSSR count). The first-order valence-corrected chi connectivity index (χ1v) is 9.95. The minimum absolute atomic E-state index is 0.243. The van der Waals surface area contributed by atoms with E-state index in [0.29, 0.717) is 16.7 Å². The van der Waals surface area contributed by atoms with Crippen LogP contribution in [0.1, 0.15) is 29.6 Å². The lowest BCUT2D eigenvalue weighted by Crippen LogP contribution is -2.29. The van der Waals surface area contributed by atoms with Crippen molar-refractivity contribution in [1.29, 1.82) is 0 Å². The molecule has 0 unspecified atom stereocenters. The summed E-state index contributed by atoms with van der Waals surface area (Å²) >= 11 is 0. The van der Waals surface area contributed by atoms with Crippen LogP contribution < -0.4 is 15.8 Å². The van der Waals surface area contributed by atoms with Crippen molar-refractivity contribution < 1.29 is 18.7 Å². The average Bonchev–Trinajstić information content (AvgIpc) is 2.78. The van der Waals surface area contributed by atoms with Crippen LogP contribution in [0.5, 0.6) is 0 Å². The second-order valence-electron chi connectivity index (χ2n) is 7.20. The highest BCUT2D eigenvalue weighted by molar-refractivity contribution is 5.96. The smallest absolute Gasteiger partial charge is 0.351 e. The maximum absolute atomic E-state index is 12.2. The van der Waals surface area contributed by atoms with E-state index < -0.39 is 24.1 Å². The second-order valence-corrected chi connectivity index (χ2v) is 7.20. The Hall–Kier alpha value is -3.61. The van der Waals surface area contributed by atoms with Crippen LogP contribution in [0, 0.1) is 0 Å². The van der Waals surface area contributed by atoms with Gasteiger partial charge in [0, 0.05) is 29.9 Å². The number of carbonyl (C=O) groups is 2. The first kappa shape index (κ1) is 19.7. The van der Waals surface area contributed by atoms with Crippen LogP contribution in [-0.4, -0.2) is 31.6 Å². The maximum atomic E-state index is 12.2. The summed E-state index contributed by atoms with van der Waals surface area (Å²) in [7, 11) is 0. The van der Waals surface area contributed by atoms with E-state index in [-0.39, 0.29) is 5.56 Å². The van der Waals surface area contributed by atoms with Crippen molar-refractivity contribution in [1.82, 2.24) is 0 Å². The van der Waals surface area contributed by atoms with Crippen LogP contribution in [0.2, 0.25) is 0 Å². The number of nitrogens with one attached hydrogen (secondary N) is 1. The van der Waals surface area contributed by atoms with Gasteiger partial charge >= 0.3 is 11.6 Å². The van der Waals surface area contributed by atoms with Crippen LogP contribution in [0.3, 0.4) is 0 Å². The van der Waals surface area contributed by atoms with Crippen molar-refractivity contribution in [2.75, 3.05) is 29.9 Å². The van der Waals surface area contributed by atoms with Crippen LogP contribution in [0.4, 0.5) is 11.4 Å². The highest BCUT2D eigenvalue weighted by atomic mass is 16.5. The SMILES string of the molecule is O=C(COC(=O)c1cc2ccccc2oc1=O)Nc1ccc(N2CCCCC2)cc1. The van der Waals surface area contributed by atoms with Gasteiger partial charge in [-0.15, -0.1) is 0 Å². The Bertz CT molecular complexity index is 1110. The van der Waals surface area contributed by atoms with Crippen molar-refractivity contribution in [2.45, 2.75) is 19.3 Å². The molecule has 2 heterocycles. The summed E-state index contributed by atoms with van der Waals surface area (Å²) in [5.41, 5.74) is 1.08.